The van der Waals surface area contributed by atoms with E-state index >= 15 is 0 Å². The van der Waals surface area contributed by atoms with Gasteiger partial charge in [0.05, 0.1) is 44.5 Å². The van der Waals surface area contributed by atoms with Gasteiger partial charge in [0.2, 0.25) is 11.8 Å². The van der Waals surface area contributed by atoms with Gasteiger partial charge < -0.3 is 14.7 Å². The molecule has 2 fully saturated rings. The minimum absolute atomic E-state index is 0.0263. The molecule has 2 saturated heterocycles. The molecule has 27 heavy (non-hydrogen) atoms. The van der Waals surface area contributed by atoms with Gasteiger partial charge in [-0.15, -0.1) is 11.8 Å². The first-order valence-corrected chi connectivity index (χ1v) is 9.98. The number of piperazine rings is 1. The van der Waals surface area contributed by atoms with Crippen LogP contribution in [0.5, 0.6) is 0 Å². The number of benzene rings is 1. The number of hydrogen-bond donors (Lipinski definition) is 1. The maximum Gasteiger partial charge on any atom is 0.416 e. The van der Waals surface area contributed by atoms with Crippen molar-refractivity contribution in [3.8, 4) is 0 Å². The van der Waals surface area contributed by atoms with Crippen molar-refractivity contribution in [2.45, 2.75) is 18.0 Å². The minimum atomic E-state index is -4.38. The summed E-state index contributed by atoms with van der Waals surface area (Å²) in [5.74, 6) is 0.219. The van der Waals surface area contributed by atoms with Gasteiger partial charge >= 0.3 is 6.18 Å². The third-order valence-corrected chi connectivity index (χ3v) is 6.28. The molecule has 2 amide bonds. The van der Waals surface area contributed by atoms with E-state index in [1.807, 2.05) is 4.90 Å². The molecule has 148 valence electrons. The second-order valence-corrected chi connectivity index (χ2v) is 8.03. The number of quaternary nitrogens is 1. The standard InChI is InChI=1S/C18H22F3N3O2S/c1-22-8-10-23(11-9-22)15(25)6-7-24-16(26)12-27-17(24)13-2-4-14(5-3-13)18(19,20)21/h2-5,17H,6-12H2,1H3/p+1/t17-/m0/s1. The summed E-state index contributed by atoms with van der Waals surface area (Å²) in [7, 11) is 2.09. The highest BCUT2D eigenvalue weighted by molar-refractivity contribution is 8.00. The van der Waals surface area contributed by atoms with Crippen LogP contribution >= 0.6 is 11.8 Å². The largest absolute Gasteiger partial charge is 0.416 e. The molecule has 0 aromatic heterocycles. The zero-order chi connectivity index (χ0) is 19.6. The molecule has 1 N–H and O–H groups in total. The van der Waals surface area contributed by atoms with Crippen LogP contribution in [0.3, 0.4) is 0 Å². The smallest absolute Gasteiger partial charge is 0.334 e. The Morgan fingerprint density at radius 2 is 1.85 bits per heavy atom. The van der Waals surface area contributed by atoms with Crippen molar-refractivity contribution in [3.63, 3.8) is 0 Å². The SMILES string of the molecule is C[NH+]1CCN(C(=O)CCN2C(=O)CS[C@H]2c2ccc(C(F)(F)F)cc2)CC1. The van der Waals surface area contributed by atoms with E-state index in [0.717, 1.165) is 38.3 Å². The van der Waals surface area contributed by atoms with Crippen LogP contribution in [0.1, 0.15) is 22.9 Å². The minimum Gasteiger partial charge on any atom is -0.334 e. The molecule has 3 rings (SSSR count). The summed E-state index contributed by atoms with van der Waals surface area (Å²) in [5, 5.41) is -0.343. The van der Waals surface area contributed by atoms with Crippen molar-refractivity contribution in [2.24, 2.45) is 0 Å². The Morgan fingerprint density at radius 1 is 1.22 bits per heavy atom. The molecule has 0 bridgehead atoms. The number of amides is 2. The molecule has 1 atom stereocenters. The second-order valence-electron chi connectivity index (χ2n) is 6.96. The molecule has 1 aromatic carbocycles. The topological polar surface area (TPSA) is 45.1 Å². The molecule has 9 heteroatoms. The molecule has 0 aliphatic carbocycles. The summed E-state index contributed by atoms with van der Waals surface area (Å²) in [6.07, 6.45) is -4.14. The Balaban J connectivity index is 1.62. The van der Waals surface area contributed by atoms with Gasteiger partial charge in [0, 0.05) is 13.0 Å². The molecule has 0 saturated carbocycles. The van der Waals surface area contributed by atoms with Gasteiger partial charge in [-0.05, 0) is 17.7 Å². The van der Waals surface area contributed by atoms with Gasteiger partial charge in [0.1, 0.15) is 5.37 Å². The van der Waals surface area contributed by atoms with Crippen LogP contribution in [0.25, 0.3) is 0 Å². The first-order valence-electron chi connectivity index (χ1n) is 8.93. The number of nitrogens with zero attached hydrogens (tertiary/aromatic N) is 2. The first kappa shape index (κ1) is 20.0. The van der Waals surface area contributed by atoms with Gasteiger partial charge in [-0.2, -0.15) is 13.2 Å². The van der Waals surface area contributed by atoms with E-state index in [1.165, 1.54) is 28.8 Å². The van der Waals surface area contributed by atoms with Crippen LogP contribution < -0.4 is 4.90 Å². The molecule has 5 nitrogen and oxygen atoms in total. The molecular weight excluding hydrogens is 379 g/mol. The Bertz CT molecular complexity index is 688. The van der Waals surface area contributed by atoms with Crippen LogP contribution in [0, 0.1) is 0 Å². The van der Waals surface area contributed by atoms with E-state index in [1.54, 1.807) is 4.90 Å². The number of carbonyl (C=O) groups excluding carboxylic acids is 2. The van der Waals surface area contributed by atoms with E-state index in [-0.39, 0.29) is 35.9 Å². The maximum atomic E-state index is 12.7. The van der Waals surface area contributed by atoms with Gasteiger partial charge in [0.15, 0.2) is 0 Å². The lowest BCUT2D eigenvalue weighted by Crippen LogP contribution is -3.12. The fraction of sp³-hybridized carbons (Fsp3) is 0.556. The zero-order valence-electron chi connectivity index (χ0n) is 15.1. The van der Waals surface area contributed by atoms with Crippen molar-refractivity contribution in [1.82, 2.24) is 9.80 Å². The summed E-state index contributed by atoms with van der Waals surface area (Å²) >= 11 is 1.38. The summed E-state index contributed by atoms with van der Waals surface area (Å²) in [5.41, 5.74) is -0.0611. The molecule has 1 aromatic rings. The Labute approximate surface area is 160 Å². The number of halogens is 3. The van der Waals surface area contributed by atoms with E-state index in [9.17, 15) is 22.8 Å². The lowest BCUT2D eigenvalue weighted by molar-refractivity contribution is -0.883. The molecule has 0 spiro atoms. The fourth-order valence-corrected chi connectivity index (χ4v) is 4.54. The van der Waals surface area contributed by atoms with Gasteiger partial charge in [-0.3, -0.25) is 9.59 Å². The Kier molecular flexibility index (Phi) is 6.00. The summed E-state index contributed by atoms with van der Waals surface area (Å²) in [4.78, 5) is 29.5. The van der Waals surface area contributed by atoms with E-state index in [0.29, 0.717) is 5.56 Å². The van der Waals surface area contributed by atoms with E-state index in [4.69, 9.17) is 0 Å². The van der Waals surface area contributed by atoms with Gasteiger partial charge in [0.25, 0.3) is 0 Å². The molecular formula is C18H23F3N3O2S+. The second kappa shape index (κ2) is 8.10. The predicted octanol–water partition coefficient (Wildman–Crippen LogP) is 1.03. The highest BCUT2D eigenvalue weighted by atomic mass is 32.2. The average Bonchev–Trinajstić information content (AvgIpc) is 3.00. The number of thioether (sulfide) groups is 1. The zero-order valence-corrected chi connectivity index (χ0v) is 15.9. The number of alkyl halides is 3. The van der Waals surface area contributed by atoms with E-state index < -0.39 is 11.7 Å². The Hall–Kier alpha value is -1.74. The predicted molar refractivity (Wildman–Crippen MR) is 96.2 cm³/mol. The number of likely N-dealkylation sites (N-methyl/N-ethyl adjacent to an activating group) is 1. The van der Waals surface area contributed by atoms with Crippen LogP contribution in [-0.4, -0.2) is 67.1 Å². The van der Waals surface area contributed by atoms with Crippen molar-refractivity contribution in [3.05, 3.63) is 35.4 Å². The van der Waals surface area contributed by atoms with Gasteiger partial charge in [-0.1, -0.05) is 12.1 Å². The molecule has 2 aliphatic rings. The van der Waals surface area contributed by atoms with Crippen LogP contribution in [-0.2, 0) is 15.8 Å². The third kappa shape index (κ3) is 4.76. The number of hydrogen-bond acceptors (Lipinski definition) is 3. The summed E-state index contributed by atoms with van der Waals surface area (Å²) in [6.45, 7) is 3.55. The number of rotatable bonds is 4. The maximum absolute atomic E-state index is 12.7. The van der Waals surface area contributed by atoms with E-state index in [2.05, 4.69) is 7.05 Å². The lowest BCUT2D eigenvalue weighted by atomic mass is 10.1. The molecule has 2 aliphatic heterocycles. The molecule has 0 unspecified atom stereocenters. The van der Waals surface area contributed by atoms with Crippen molar-refractivity contribution in [2.75, 3.05) is 45.5 Å². The van der Waals surface area contributed by atoms with Crippen LogP contribution in [0.15, 0.2) is 24.3 Å². The quantitative estimate of drug-likeness (QED) is 0.818. The van der Waals surface area contributed by atoms with Crippen molar-refractivity contribution >= 4 is 23.6 Å². The molecule has 0 radical (unpaired) electrons. The Morgan fingerprint density at radius 3 is 2.44 bits per heavy atom. The lowest BCUT2D eigenvalue weighted by Gasteiger charge is -2.31. The van der Waals surface area contributed by atoms with Crippen LogP contribution in [0.2, 0.25) is 0 Å². The van der Waals surface area contributed by atoms with Gasteiger partial charge in [-0.25, -0.2) is 0 Å². The monoisotopic (exact) mass is 402 g/mol. The fourth-order valence-electron chi connectivity index (χ4n) is 3.32. The third-order valence-electron chi connectivity index (χ3n) is 5.03. The highest BCUT2D eigenvalue weighted by Crippen LogP contribution is 2.39. The number of nitrogens with one attached hydrogen (secondary N) is 1. The normalized spacial score (nSPS) is 21.8. The first-order chi connectivity index (χ1) is 12.8. The number of carbonyl (C=O) groups is 2. The summed E-state index contributed by atoms with van der Waals surface area (Å²) < 4.78 is 38.2. The molecule has 2 heterocycles. The van der Waals surface area contributed by atoms with Crippen molar-refractivity contribution in [1.29, 1.82) is 0 Å². The summed E-state index contributed by atoms with van der Waals surface area (Å²) in [6, 6.07) is 4.90. The average molecular weight is 402 g/mol. The van der Waals surface area contributed by atoms with Crippen molar-refractivity contribution < 1.29 is 27.7 Å². The van der Waals surface area contributed by atoms with Crippen LogP contribution in [0.4, 0.5) is 13.2 Å². The highest BCUT2D eigenvalue weighted by Gasteiger charge is 2.35.